The Kier molecular flexibility index (Phi) is 5.76. The van der Waals surface area contributed by atoms with Gasteiger partial charge in [-0.15, -0.1) is 0 Å². The summed E-state index contributed by atoms with van der Waals surface area (Å²) < 4.78 is 10.5. The van der Waals surface area contributed by atoms with Crippen LogP contribution in [0.2, 0.25) is 0 Å². The second-order valence-corrected chi connectivity index (χ2v) is 6.93. The number of rotatable bonds is 4. The summed E-state index contributed by atoms with van der Waals surface area (Å²) in [4.78, 5) is 28.7. The molecule has 7 heteroatoms. The van der Waals surface area contributed by atoms with Crippen LogP contribution in [0.4, 0.5) is 5.69 Å². The molecule has 0 aromatic heterocycles. The molecule has 0 spiro atoms. The standard InChI is InChI=1S/C22H23N3O4/c26-21(23-18-8-9-19-20(15-18)29-16-28-19)22(27)25-13-11-24(12-14-25)10-4-7-17-5-2-1-3-6-17/h1-9,15H,10-14,16H2,(H,23,26)/b7-4+. The minimum Gasteiger partial charge on any atom is -0.454 e. The molecule has 0 aliphatic carbocycles. The highest BCUT2D eigenvalue weighted by Crippen LogP contribution is 2.34. The molecule has 2 aromatic rings. The van der Waals surface area contributed by atoms with Gasteiger partial charge in [0.2, 0.25) is 6.79 Å². The number of hydrogen-bond donors (Lipinski definition) is 1. The second-order valence-electron chi connectivity index (χ2n) is 6.93. The zero-order valence-corrected chi connectivity index (χ0v) is 16.0. The van der Waals surface area contributed by atoms with E-state index in [4.69, 9.17) is 9.47 Å². The maximum Gasteiger partial charge on any atom is 0.313 e. The van der Waals surface area contributed by atoms with Gasteiger partial charge >= 0.3 is 11.8 Å². The number of benzene rings is 2. The molecule has 2 amide bonds. The summed E-state index contributed by atoms with van der Waals surface area (Å²) in [5, 5.41) is 2.64. The van der Waals surface area contributed by atoms with Gasteiger partial charge in [0, 0.05) is 44.5 Å². The van der Waals surface area contributed by atoms with E-state index in [1.165, 1.54) is 5.56 Å². The van der Waals surface area contributed by atoms with Gasteiger partial charge in [-0.2, -0.15) is 0 Å². The fraction of sp³-hybridized carbons (Fsp3) is 0.273. The monoisotopic (exact) mass is 393 g/mol. The number of fused-ring (bicyclic) bond motifs is 1. The molecule has 0 radical (unpaired) electrons. The number of ether oxygens (including phenoxy) is 2. The van der Waals surface area contributed by atoms with Crippen LogP contribution < -0.4 is 14.8 Å². The van der Waals surface area contributed by atoms with Crippen molar-refractivity contribution in [1.82, 2.24) is 9.80 Å². The molecule has 1 saturated heterocycles. The Bertz CT molecular complexity index is 906. The van der Waals surface area contributed by atoms with Gasteiger partial charge in [0.25, 0.3) is 0 Å². The fourth-order valence-corrected chi connectivity index (χ4v) is 3.34. The van der Waals surface area contributed by atoms with Crippen LogP contribution in [0.15, 0.2) is 54.6 Å². The highest BCUT2D eigenvalue weighted by molar-refractivity contribution is 6.39. The van der Waals surface area contributed by atoms with Crippen LogP contribution in [0.1, 0.15) is 5.56 Å². The molecule has 29 heavy (non-hydrogen) atoms. The molecule has 4 rings (SSSR count). The molecule has 2 aromatic carbocycles. The van der Waals surface area contributed by atoms with E-state index in [9.17, 15) is 9.59 Å². The van der Waals surface area contributed by atoms with Crippen molar-refractivity contribution in [3.63, 3.8) is 0 Å². The lowest BCUT2D eigenvalue weighted by atomic mass is 10.2. The lowest BCUT2D eigenvalue weighted by Crippen LogP contribution is -2.51. The van der Waals surface area contributed by atoms with Crippen LogP contribution in [0.25, 0.3) is 6.08 Å². The molecule has 0 unspecified atom stereocenters. The normalized spacial score (nSPS) is 16.2. The molecule has 0 bridgehead atoms. The van der Waals surface area contributed by atoms with E-state index in [1.807, 2.05) is 18.2 Å². The predicted octanol–water partition coefficient (Wildman–Crippen LogP) is 2.21. The number of hydrogen-bond acceptors (Lipinski definition) is 5. The number of amides is 2. The first-order valence-corrected chi connectivity index (χ1v) is 9.63. The molecule has 150 valence electrons. The average Bonchev–Trinajstić information content (AvgIpc) is 3.22. The number of anilines is 1. The summed E-state index contributed by atoms with van der Waals surface area (Å²) in [7, 11) is 0. The Labute approximate surface area is 169 Å². The van der Waals surface area contributed by atoms with E-state index in [0.717, 1.165) is 19.6 Å². The molecular weight excluding hydrogens is 370 g/mol. The van der Waals surface area contributed by atoms with Crippen molar-refractivity contribution in [2.24, 2.45) is 0 Å². The van der Waals surface area contributed by atoms with Crippen molar-refractivity contribution in [3.8, 4) is 11.5 Å². The van der Waals surface area contributed by atoms with Crippen LogP contribution >= 0.6 is 0 Å². The van der Waals surface area contributed by atoms with Gasteiger partial charge in [-0.1, -0.05) is 42.5 Å². The summed E-state index contributed by atoms with van der Waals surface area (Å²) in [5.41, 5.74) is 1.68. The lowest BCUT2D eigenvalue weighted by Gasteiger charge is -2.33. The number of carbonyl (C=O) groups excluding carboxylic acids is 2. The molecule has 2 heterocycles. The summed E-state index contributed by atoms with van der Waals surface area (Å²) in [5.74, 6) is 0.0441. The van der Waals surface area contributed by atoms with Crippen molar-refractivity contribution < 1.29 is 19.1 Å². The van der Waals surface area contributed by atoms with E-state index in [0.29, 0.717) is 30.3 Å². The van der Waals surface area contributed by atoms with E-state index < -0.39 is 11.8 Å². The van der Waals surface area contributed by atoms with E-state index in [-0.39, 0.29) is 6.79 Å². The van der Waals surface area contributed by atoms with Crippen LogP contribution in [0.5, 0.6) is 11.5 Å². The highest BCUT2D eigenvalue weighted by Gasteiger charge is 2.26. The molecule has 1 N–H and O–H groups in total. The Morgan fingerprint density at radius 1 is 0.966 bits per heavy atom. The van der Waals surface area contributed by atoms with Crippen LogP contribution in [-0.2, 0) is 9.59 Å². The Hall–Kier alpha value is -3.32. The van der Waals surface area contributed by atoms with Gasteiger partial charge in [0.15, 0.2) is 11.5 Å². The minimum absolute atomic E-state index is 0.163. The molecule has 0 saturated carbocycles. The third kappa shape index (κ3) is 4.75. The highest BCUT2D eigenvalue weighted by atomic mass is 16.7. The first-order valence-electron chi connectivity index (χ1n) is 9.63. The van der Waals surface area contributed by atoms with Crippen molar-refractivity contribution >= 4 is 23.6 Å². The Balaban J connectivity index is 1.24. The Morgan fingerprint density at radius 3 is 2.52 bits per heavy atom. The van der Waals surface area contributed by atoms with E-state index >= 15 is 0 Å². The third-order valence-corrected chi connectivity index (χ3v) is 4.96. The Morgan fingerprint density at radius 2 is 1.72 bits per heavy atom. The quantitative estimate of drug-likeness (QED) is 0.807. The molecule has 1 fully saturated rings. The van der Waals surface area contributed by atoms with Crippen LogP contribution in [0.3, 0.4) is 0 Å². The first kappa shape index (κ1) is 19.0. The SMILES string of the molecule is O=C(Nc1ccc2c(c1)OCO2)C(=O)N1CCN(C/C=C/c2ccccc2)CC1. The van der Waals surface area contributed by atoms with E-state index in [2.05, 4.69) is 34.5 Å². The van der Waals surface area contributed by atoms with E-state index in [1.54, 1.807) is 23.1 Å². The summed E-state index contributed by atoms with van der Waals surface area (Å²) >= 11 is 0. The maximum absolute atomic E-state index is 12.5. The topological polar surface area (TPSA) is 71.1 Å². The fourth-order valence-electron chi connectivity index (χ4n) is 3.34. The number of nitrogens with one attached hydrogen (secondary N) is 1. The molecule has 2 aliphatic heterocycles. The molecule has 2 aliphatic rings. The van der Waals surface area contributed by atoms with Crippen LogP contribution in [0, 0.1) is 0 Å². The maximum atomic E-state index is 12.5. The second kappa shape index (κ2) is 8.79. The van der Waals surface area contributed by atoms with Gasteiger partial charge in [-0.3, -0.25) is 14.5 Å². The largest absolute Gasteiger partial charge is 0.454 e. The molecular formula is C22H23N3O4. The van der Waals surface area contributed by atoms with Gasteiger partial charge in [-0.25, -0.2) is 0 Å². The van der Waals surface area contributed by atoms with Crippen molar-refractivity contribution in [3.05, 3.63) is 60.2 Å². The summed E-state index contributed by atoms with van der Waals surface area (Å²) in [6, 6.07) is 15.2. The summed E-state index contributed by atoms with van der Waals surface area (Å²) in [6.45, 7) is 3.53. The summed E-state index contributed by atoms with van der Waals surface area (Å²) in [6.07, 6.45) is 4.22. The number of nitrogens with zero attached hydrogens (tertiary/aromatic N) is 2. The average molecular weight is 393 g/mol. The zero-order chi connectivity index (χ0) is 20.1. The van der Waals surface area contributed by atoms with Gasteiger partial charge in [0.1, 0.15) is 0 Å². The van der Waals surface area contributed by atoms with Crippen LogP contribution in [-0.4, -0.2) is 61.1 Å². The number of carbonyl (C=O) groups is 2. The predicted molar refractivity (Wildman–Crippen MR) is 110 cm³/mol. The van der Waals surface area contributed by atoms with Gasteiger partial charge < -0.3 is 19.7 Å². The minimum atomic E-state index is -0.638. The third-order valence-electron chi connectivity index (χ3n) is 4.96. The molecule has 7 nitrogen and oxygen atoms in total. The zero-order valence-electron chi connectivity index (χ0n) is 16.0. The van der Waals surface area contributed by atoms with Crippen molar-refractivity contribution in [1.29, 1.82) is 0 Å². The lowest BCUT2D eigenvalue weighted by molar-refractivity contribution is -0.144. The molecule has 0 atom stereocenters. The van der Waals surface area contributed by atoms with Gasteiger partial charge in [-0.05, 0) is 17.7 Å². The smallest absolute Gasteiger partial charge is 0.313 e. The van der Waals surface area contributed by atoms with Gasteiger partial charge in [0.05, 0.1) is 0 Å². The van der Waals surface area contributed by atoms with Crippen molar-refractivity contribution in [2.45, 2.75) is 0 Å². The number of piperazine rings is 1. The first-order chi connectivity index (χ1) is 14.2. The van der Waals surface area contributed by atoms with Crippen molar-refractivity contribution in [2.75, 3.05) is 44.8 Å².